The van der Waals surface area contributed by atoms with Crippen LogP contribution in [0.1, 0.15) is 20.8 Å². The predicted octanol–water partition coefficient (Wildman–Crippen LogP) is 3.06. The second-order valence-electron chi connectivity index (χ2n) is 6.70. The molecule has 0 aliphatic rings. The summed E-state index contributed by atoms with van der Waals surface area (Å²) in [7, 11) is 6.60. The second kappa shape index (κ2) is 9.57. The Hall–Kier alpha value is -4.14. The van der Waals surface area contributed by atoms with Gasteiger partial charge in [-0.3, -0.25) is 9.59 Å². The largest absolute Gasteiger partial charge is 0.494 e. The standard InChI is InChI=1S/C22H23N5O4/c1-27(2)20-11-10-15(25-26-20)22(29)24-17-13-18(30-3)16(12-19(17)31-4)23-21(28)14-8-6-5-7-9-14/h5-13H,1-4H3,(H,23,28)(H,24,29). The van der Waals surface area contributed by atoms with Crippen LogP contribution < -0.4 is 25.0 Å². The molecule has 3 aromatic rings. The molecule has 2 N–H and O–H groups in total. The quantitative estimate of drug-likeness (QED) is 0.604. The smallest absolute Gasteiger partial charge is 0.276 e. The molecule has 0 saturated carbocycles. The molecule has 0 radical (unpaired) electrons. The average molecular weight is 421 g/mol. The molecule has 3 rings (SSSR count). The van der Waals surface area contributed by atoms with Crippen molar-refractivity contribution >= 4 is 29.0 Å². The van der Waals surface area contributed by atoms with Gasteiger partial charge in [-0.05, 0) is 24.3 Å². The third-order valence-corrected chi connectivity index (χ3v) is 4.40. The third-order valence-electron chi connectivity index (χ3n) is 4.40. The van der Waals surface area contributed by atoms with E-state index in [2.05, 4.69) is 20.8 Å². The monoisotopic (exact) mass is 421 g/mol. The number of amides is 2. The maximum absolute atomic E-state index is 12.6. The van der Waals surface area contributed by atoms with E-state index in [1.165, 1.54) is 14.2 Å². The summed E-state index contributed by atoms with van der Waals surface area (Å²) >= 11 is 0. The first-order chi connectivity index (χ1) is 14.9. The average Bonchev–Trinajstić information content (AvgIpc) is 2.80. The highest BCUT2D eigenvalue weighted by Gasteiger charge is 2.17. The zero-order valence-corrected chi connectivity index (χ0v) is 17.7. The molecule has 2 amide bonds. The molecule has 1 heterocycles. The molecular formula is C22H23N5O4. The Labute approximate surface area is 180 Å². The molecule has 0 aliphatic heterocycles. The van der Waals surface area contributed by atoms with Crippen molar-refractivity contribution in [2.75, 3.05) is 43.8 Å². The number of benzene rings is 2. The Morgan fingerprint density at radius 3 is 1.87 bits per heavy atom. The van der Waals surface area contributed by atoms with Crippen molar-refractivity contribution in [3.63, 3.8) is 0 Å². The Morgan fingerprint density at radius 2 is 1.39 bits per heavy atom. The van der Waals surface area contributed by atoms with Crippen LogP contribution >= 0.6 is 0 Å². The van der Waals surface area contributed by atoms with Crippen LogP contribution in [-0.2, 0) is 0 Å². The summed E-state index contributed by atoms with van der Waals surface area (Å²) in [6.45, 7) is 0. The van der Waals surface area contributed by atoms with Crippen LogP contribution in [0, 0.1) is 0 Å². The van der Waals surface area contributed by atoms with Crippen molar-refractivity contribution in [1.29, 1.82) is 0 Å². The summed E-state index contributed by atoms with van der Waals surface area (Å²) in [5.41, 5.74) is 1.41. The highest BCUT2D eigenvalue weighted by Crippen LogP contribution is 2.36. The fraction of sp³-hybridized carbons (Fsp3) is 0.182. The normalized spacial score (nSPS) is 10.2. The van der Waals surface area contributed by atoms with Crippen molar-refractivity contribution in [1.82, 2.24) is 10.2 Å². The molecule has 2 aromatic carbocycles. The number of nitrogens with one attached hydrogen (secondary N) is 2. The van der Waals surface area contributed by atoms with Crippen LogP contribution in [-0.4, -0.2) is 50.3 Å². The lowest BCUT2D eigenvalue weighted by molar-refractivity contribution is 0.101. The van der Waals surface area contributed by atoms with Gasteiger partial charge in [0.2, 0.25) is 0 Å². The number of hydrogen-bond donors (Lipinski definition) is 2. The van der Waals surface area contributed by atoms with Gasteiger partial charge in [-0.1, -0.05) is 18.2 Å². The molecule has 31 heavy (non-hydrogen) atoms. The molecule has 160 valence electrons. The SMILES string of the molecule is COc1cc(NC(=O)c2ccc(N(C)C)nn2)c(OC)cc1NC(=O)c1ccccc1. The number of nitrogens with zero attached hydrogens (tertiary/aromatic N) is 3. The van der Waals surface area contributed by atoms with Gasteiger partial charge < -0.3 is 25.0 Å². The van der Waals surface area contributed by atoms with Gasteiger partial charge in [0.15, 0.2) is 11.5 Å². The summed E-state index contributed by atoms with van der Waals surface area (Å²) < 4.78 is 10.8. The molecule has 0 unspecified atom stereocenters. The Kier molecular flexibility index (Phi) is 6.66. The number of ether oxygens (including phenoxy) is 2. The maximum atomic E-state index is 12.6. The third kappa shape index (κ3) is 5.08. The number of hydrogen-bond acceptors (Lipinski definition) is 7. The minimum atomic E-state index is -0.459. The summed E-state index contributed by atoms with van der Waals surface area (Å²) in [5.74, 6) is 0.576. The van der Waals surface area contributed by atoms with E-state index < -0.39 is 5.91 Å². The predicted molar refractivity (Wildman–Crippen MR) is 118 cm³/mol. The van der Waals surface area contributed by atoms with Crippen LogP contribution in [0.5, 0.6) is 11.5 Å². The number of anilines is 3. The molecule has 0 saturated heterocycles. The van der Waals surface area contributed by atoms with Gasteiger partial charge in [-0.15, -0.1) is 10.2 Å². The van der Waals surface area contributed by atoms with Crippen molar-refractivity contribution in [3.05, 3.63) is 65.9 Å². The molecule has 0 atom stereocenters. The van der Waals surface area contributed by atoms with Gasteiger partial charge >= 0.3 is 0 Å². The number of rotatable bonds is 7. The first-order valence-corrected chi connectivity index (χ1v) is 9.37. The summed E-state index contributed by atoms with van der Waals surface area (Å²) in [5, 5.41) is 13.5. The van der Waals surface area contributed by atoms with Crippen LogP contribution in [0.15, 0.2) is 54.6 Å². The Bertz CT molecular complexity index is 1070. The number of methoxy groups -OCH3 is 2. The maximum Gasteiger partial charge on any atom is 0.276 e. The molecule has 0 aliphatic carbocycles. The van der Waals surface area contributed by atoms with Crippen molar-refractivity contribution in [2.24, 2.45) is 0 Å². The van der Waals surface area contributed by atoms with E-state index in [9.17, 15) is 9.59 Å². The highest BCUT2D eigenvalue weighted by molar-refractivity contribution is 6.06. The van der Waals surface area contributed by atoms with E-state index in [0.29, 0.717) is 34.3 Å². The molecule has 0 spiro atoms. The first-order valence-electron chi connectivity index (χ1n) is 9.37. The molecule has 9 nitrogen and oxygen atoms in total. The van der Waals surface area contributed by atoms with E-state index in [1.54, 1.807) is 53.4 Å². The van der Waals surface area contributed by atoms with Gasteiger partial charge in [-0.2, -0.15) is 0 Å². The number of carbonyl (C=O) groups is 2. The van der Waals surface area contributed by atoms with E-state index >= 15 is 0 Å². The summed E-state index contributed by atoms with van der Waals surface area (Å²) in [6.07, 6.45) is 0. The van der Waals surface area contributed by atoms with Gasteiger partial charge in [0, 0.05) is 31.8 Å². The van der Waals surface area contributed by atoms with Gasteiger partial charge in [0.1, 0.15) is 11.5 Å². The van der Waals surface area contributed by atoms with E-state index in [4.69, 9.17) is 9.47 Å². The minimum Gasteiger partial charge on any atom is -0.494 e. The summed E-state index contributed by atoms with van der Waals surface area (Å²) in [4.78, 5) is 26.9. The van der Waals surface area contributed by atoms with Crippen LogP contribution in [0.25, 0.3) is 0 Å². The van der Waals surface area contributed by atoms with Crippen LogP contribution in [0.2, 0.25) is 0 Å². The second-order valence-corrected chi connectivity index (χ2v) is 6.70. The molecule has 0 bridgehead atoms. The van der Waals surface area contributed by atoms with Crippen LogP contribution in [0.4, 0.5) is 17.2 Å². The zero-order chi connectivity index (χ0) is 22.4. The van der Waals surface area contributed by atoms with Gasteiger partial charge in [0.05, 0.1) is 25.6 Å². The van der Waals surface area contributed by atoms with E-state index in [-0.39, 0.29) is 11.6 Å². The fourth-order valence-corrected chi connectivity index (χ4v) is 2.75. The zero-order valence-electron chi connectivity index (χ0n) is 17.7. The summed E-state index contributed by atoms with van der Waals surface area (Å²) in [6, 6.07) is 15.2. The van der Waals surface area contributed by atoms with Crippen molar-refractivity contribution in [3.8, 4) is 11.5 Å². The van der Waals surface area contributed by atoms with Crippen molar-refractivity contribution < 1.29 is 19.1 Å². The number of carbonyl (C=O) groups excluding carboxylic acids is 2. The van der Waals surface area contributed by atoms with Gasteiger partial charge in [-0.25, -0.2) is 0 Å². The van der Waals surface area contributed by atoms with Crippen molar-refractivity contribution in [2.45, 2.75) is 0 Å². The lowest BCUT2D eigenvalue weighted by atomic mass is 10.2. The molecular weight excluding hydrogens is 398 g/mol. The lowest BCUT2D eigenvalue weighted by Gasteiger charge is -2.16. The first kappa shape index (κ1) is 21.6. The topological polar surface area (TPSA) is 106 Å². The molecule has 1 aromatic heterocycles. The van der Waals surface area contributed by atoms with Gasteiger partial charge in [0.25, 0.3) is 11.8 Å². The molecule has 0 fully saturated rings. The van der Waals surface area contributed by atoms with E-state index in [0.717, 1.165) is 0 Å². The lowest BCUT2D eigenvalue weighted by Crippen LogP contribution is -2.17. The highest BCUT2D eigenvalue weighted by atomic mass is 16.5. The molecule has 9 heteroatoms. The Balaban J connectivity index is 1.84. The Morgan fingerprint density at radius 1 is 0.806 bits per heavy atom. The fourth-order valence-electron chi connectivity index (χ4n) is 2.75. The van der Waals surface area contributed by atoms with E-state index in [1.807, 2.05) is 20.2 Å². The number of aromatic nitrogens is 2. The minimum absolute atomic E-state index is 0.146. The van der Waals surface area contributed by atoms with Crippen LogP contribution in [0.3, 0.4) is 0 Å².